The van der Waals surface area contributed by atoms with Gasteiger partial charge in [-0.15, -0.1) is 0 Å². The van der Waals surface area contributed by atoms with Crippen LogP contribution >= 0.6 is 0 Å². The lowest BCUT2D eigenvalue weighted by atomic mass is 9.94. The number of ether oxygens (including phenoxy) is 1. The highest BCUT2D eigenvalue weighted by atomic mass is 16.6. The number of aromatic nitrogens is 1. The van der Waals surface area contributed by atoms with Crippen molar-refractivity contribution >= 4 is 11.5 Å². The van der Waals surface area contributed by atoms with E-state index < -0.39 is 17.1 Å². The summed E-state index contributed by atoms with van der Waals surface area (Å²) in [6, 6.07) is 1.51. The van der Waals surface area contributed by atoms with E-state index in [0.717, 1.165) is 6.20 Å². The van der Waals surface area contributed by atoms with E-state index in [0.29, 0.717) is 11.1 Å². The van der Waals surface area contributed by atoms with E-state index >= 15 is 0 Å². The van der Waals surface area contributed by atoms with E-state index in [9.17, 15) is 14.9 Å². The molecule has 1 aliphatic rings. The molecule has 0 amide bonds. The molecule has 1 aromatic heterocycles. The van der Waals surface area contributed by atoms with Crippen molar-refractivity contribution in [3.63, 3.8) is 0 Å². The standard InChI is InChI=1S/C12H12N2O4/c1-7-8(2)18-12(5-11(7)15)9-3-4-13-6-10(9)14(16)17/h3-4,6,8,12H,1,5H2,2H3/t8-,12-/m1/s1. The summed E-state index contributed by atoms with van der Waals surface area (Å²) in [5, 5.41) is 10.9. The Morgan fingerprint density at radius 1 is 1.61 bits per heavy atom. The van der Waals surface area contributed by atoms with Gasteiger partial charge in [0.05, 0.1) is 22.7 Å². The number of pyridine rings is 1. The maximum Gasteiger partial charge on any atom is 0.293 e. The first kappa shape index (κ1) is 12.4. The van der Waals surface area contributed by atoms with Crippen LogP contribution in [-0.2, 0) is 9.53 Å². The van der Waals surface area contributed by atoms with Gasteiger partial charge in [-0.3, -0.25) is 19.9 Å². The number of Topliss-reactive ketones (excluding diaryl/α,β-unsaturated/α-hetero) is 1. The molecule has 0 radical (unpaired) electrons. The molecule has 1 fully saturated rings. The highest BCUT2D eigenvalue weighted by Crippen LogP contribution is 2.35. The molecular weight excluding hydrogens is 236 g/mol. The van der Waals surface area contributed by atoms with Crippen molar-refractivity contribution in [2.24, 2.45) is 0 Å². The maximum absolute atomic E-state index is 11.7. The van der Waals surface area contributed by atoms with Crippen molar-refractivity contribution in [1.82, 2.24) is 4.98 Å². The Balaban J connectivity index is 2.35. The molecule has 18 heavy (non-hydrogen) atoms. The van der Waals surface area contributed by atoms with Gasteiger partial charge in [0.25, 0.3) is 5.69 Å². The van der Waals surface area contributed by atoms with Crippen LogP contribution in [0.4, 0.5) is 5.69 Å². The monoisotopic (exact) mass is 248 g/mol. The topological polar surface area (TPSA) is 82.3 Å². The zero-order valence-electron chi connectivity index (χ0n) is 9.83. The van der Waals surface area contributed by atoms with Crippen LogP contribution in [0, 0.1) is 10.1 Å². The third-order valence-electron chi connectivity index (χ3n) is 2.96. The number of nitro groups is 1. The van der Waals surface area contributed by atoms with E-state index in [1.54, 1.807) is 6.92 Å². The average molecular weight is 248 g/mol. The maximum atomic E-state index is 11.7. The van der Waals surface area contributed by atoms with E-state index in [4.69, 9.17) is 4.74 Å². The zero-order valence-corrected chi connectivity index (χ0v) is 9.83. The van der Waals surface area contributed by atoms with Crippen LogP contribution in [0.25, 0.3) is 0 Å². The van der Waals surface area contributed by atoms with E-state index in [1.807, 2.05) is 0 Å². The smallest absolute Gasteiger partial charge is 0.293 e. The van der Waals surface area contributed by atoms with Crippen LogP contribution < -0.4 is 0 Å². The van der Waals surface area contributed by atoms with Gasteiger partial charge in [0.1, 0.15) is 6.20 Å². The molecule has 0 aromatic carbocycles. The van der Waals surface area contributed by atoms with Gasteiger partial charge < -0.3 is 4.74 Å². The lowest BCUT2D eigenvalue weighted by Gasteiger charge is -2.28. The van der Waals surface area contributed by atoms with Gasteiger partial charge in [0, 0.05) is 18.2 Å². The Bertz CT molecular complexity index is 527. The molecule has 2 heterocycles. The average Bonchev–Trinajstić information content (AvgIpc) is 2.35. The first-order chi connectivity index (χ1) is 8.50. The summed E-state index contributed by atoms with van der Waals surface area (Å²) in [7, 11) is 0. The van der Waals surface area contributed by atoms with Crippen molar-refractivity contribution < 1.29 is 14.5 Å². The summed E-state index contributed by atoms with van der Waals surface area (Å²) >= 11 is 0. The van der Waals surface area contributed by atoms with Gasteiger partial charge in [-0.1, -0.05) is 6.58 Å². The SMILES string of the molecule is C=C1C(=O)C[C@H](c2ccncc2[N+](=O)[O-])O[C@@H]1C. The molecule has 6 heteroatoms. The second-order valence-electron chi connectivity index (χ2n) is 4.11. The predicted octanol–water partition coefficient (Wildman–Crippen LogP) is 1.96. The summed E-state index contributed by atoms with van der Waals surface area (Å²) in [4.78, 5) is 25.8. The Hall–Kier alpha value is -2.08. The second kappa shape index (κ2) is 4.66. The predicted molar refractivity (Wildman–Crippen MR) is 62.9 cm³/mol. The number of rotatable bonds is 2. The minimum Gasteiger partial charge on any atom is -0.365 e. The Labute approximate surface area is 103 Å². The summed E-state index contributed by atoms with van der Waals surface area (Å²) in [6.07, 6.45) is 1.65. The minimum atomic E-state index is -0.610. The summed E-state index contributed by atoms with van der Waals surface area (Å²) < 4.78 is 5.59. The van der Waals surface area contributed by atoms with Crippen LogP contribution in [0.2, 0.25) is 0 Å². The Kier molecular flexibility index (Phi) is 3.20. The molecule has 94 valence electrons. The Morgan fingerprint density at radius 3 is 2.94 bits per heavy atom. The van der Waals surface area contributed by atoms with Crippen LogP contribution in [0.3, 0.4) is 0 Å². The number of hydrogen-bond acceptors (Lipinski definition) is 5. The van der Waals surface area contributed by atoms with Gasteiger partial charge >= 0.3 is 0 Å². The van der Waals surface area contributed by atoms with Gasteiger partial charge in [-0.25, -0.2) is 0 Å². The quantitative estimate of drug-likeness (QED) is 0.454. The molecule has 6 nitrogen and oxygen atoms in total. The van der Waals surface area contributed by atoms with Gasteiger partial charge in [0.2, 0.25) is 0 Å². The highest BCUT2D eigenvalue weighted by molar-refractivity contribution is 5.96. The molecule has 0 bridgehead atoms. The van der Waals surface area contributed by atoms with Crippen LogP contribution in [-0.4, -0.2) is 21.8 Å². The number of ketones is 1. The van der Waals surface area contributed by atoms with E-state index in [1.165, 1.54) is 12.3 Å². The van der Waals surface area contributed by atoms with E-state index in [2.05, 4.69) is 11.6 Å². The summed E-state index contributed by atoms with van der Waals surface area (Å²) in [6.45, 7) is 5.35. The molecule has 2 rings (SSSR count). The van der Waals surface area contributed by atoms with Gasteiger partial charge in [0.15, 0.2) is 5.78 Å². The number of carbonyl (C=O) groups excluding carboxylic acids is 1. The summed E-state index contributed by atoms with van der Waals surface area (Å²) in [5.74, 6) is -0.120. The van der Waals surface area contributed by atoms with Crippen molar-refractivity contribution in [1.29, 1.82) is 0 Å². The fourth-order valence-corrected chi connectivity index (χ4v) is 1.91. The highest BCUT2D eigenvalue weighted by Gasteiger charge is 2.33. The number of nitrogens with zero attached hydrogens (tertiary/aromatic N) is 2. The molecule has 2 atom stereocenters. The summed E-state index contributed by atoms with van der Waals surface area (Å²) in [5.41, 5.74) is 0.653. The van der Waals surface area contributed by atoms with Gasteiger partial charge in [-0.2, -0.15) is 0 Å². The van der Waals surface area contributed by atoms with Crippen molar-refractivity contribution in [3.8, 4) is 0 Å². The van der Waals surface area contributed by atoms with Crippen LogP contribution in [0.15, 0.2) is 30.6 Å². The zero-order chi connectivity index (χ0) is 13.3. The molecule has 1 saturated heterocycles. The third-order valence-corrected chi connectivity index (χ3v) is 2.96. The molecule has 0 aliphatic carbocycles. The minimum absolute atomic E-state index is 0.0774. The third kappa shape index (κ3) is 2.14. The van der Waals surface area contributed by atoms with Gasteiger partial charge in [-0.05, 0) is 13.0 Å². The molecule has 1 aliphatic heterocycles. The molecular formula is C12H12N2O4. The molecule has 0 saturated carbocycles. The van der Waals surface area contributed by atoms with Crippen molar-refractivity contribution in [2.45, 2.75) is 25.6 Å². The second-order valence-corrected chi connectivity index (χ2v) is 4.11. The number of hydrogen-bond donors (Lipinski definition) is 0. The lowest BCUT2D eigenvalue weighted by Crippen LogP contribution is -2.29. The fraction of sp³-hybridized carbons (Fsp3) is 0.333. The van der Waals surface area contributed by atoms with Crippen LogP contribution in [0.1, 0.15) is 25.0 Å². The fourth-order valence-electron chi connectivity index (χ4n) is 1.91. The lowest BCUT2D eigenvalue weighted by molar-refractivity contribution is -0.386. The molecule has 1 aromatic rings. The first-order valence-corrected chi connectivity index (χ1v) is 5.46. The van der Waals surface area contributed by atoms with Crippen LogP contribution in [0.5, 0.6) is 0 Å². The molecule has 0 unspecified atom stereocenters. The number of carbonyl (C=O) groups is 1. The Morgan fingerprint density at radius 2 is 2.33 bits per heavy atom. The van der Waals surface area contributed by atoms with E-state index in [-0.39, 0.29) is 17.9 Å². The van der Waals surface area contributed by atoms with Crippen molar-refractivity contribution in [2.75, 3.05) is 0 Å². The van der Waals surface area contributed by atoms with Crippen molar-refractivity contribution in [3.05, 3.63) is 46.3 Å². The first-order valence-electron chi connectivity index (χ1n) is 5.46. The molecule has 0 spiro atoms. The normalized spacial score (nSPS) is 24.1. The largest absolute Gasteiger partial charge is 0.365 e. The molecule has 0 N–H and O–H groups in total.